The Hall–Kier alpha value is -1.28. The number of carbonyl (C=O) groups is 3. The van der Waals surface area contributed by atoms with Gasteiger partial charge in [0.05, 0.1) is 13.1 Å². The summed E-state index contributed by atoms with van der Waals surface area (Å²) in [6.45, 7) is 2.56. The fourth-order valence-corrected chi connectivity index (χ4v) is 1.31. The molecule has 104 valence electrons. The summed E-state index contributed by atoms with van der Waals surface area (Å²) in [5.41, 5.74) is 0. The van der Waals surface area contributed by atoms with Crippen LogP contribution in [0.25, 0.3) is 0 Å². The van der Waals surface area contributed by atoms with Crippen LogP contribution in [0.5, 0.6) is 0 Å². The van der Waals surface area contributed by atoms with Gasteiger partial charge in [0.1, 0.15) is 6.04 Å². The Bertz CT molecular complexity index is 299. The number of hydrogen-bond donors (Lipinski definition) is 5. The highest BCUT2D eigenvalue weighted by Gasteiger charge is 2.19. The maximum absolute atomic E-state index is 11.6. The first-order valence-corrected chi connectivity index (χ1v) is 6.27. The predicted octanol–water partition coefficient (Wildman–Crippen LogP) is -2.13. The van der Waals surface area contributed by atoms with Crippen molar-refractivity contribution >= 4 is 30.4 Å². The number of carbonyl (C=O) groups excluding carboxylic acids is 3. The van der Waals surface area contributed by atoms with Crippen molar-refractivity contribution in [2.24, 2.45) is 0 Å². The molecule has 4 N–H and O–H groups in total. The molecule has 0 saturated heterocycles. The minimum Gasteiger partial charge on any atom is -0.358 e. The van der Waals surface area contributed by atoms with Crippen LogP contribution in [0.2, 0.25) is 0 Å². The Labute approximate surface area is 112 Å². The molecule has 0 bridgehead atoms. The normalized spacial score (nSPS) is 11.5. The molecule has 18 heavy (non-hydrogen) atoms. The van der Waals surface area contributed by atoms with Crippen molar-refractivity contribution in [3.05, 3.63) is 0 Å². The van der Waals surface area contributed by atoms with Gasteiger partial charge in [-0.05, 0) is 6.54 Å². The quantitative estimate of drug-likeness (QED) is 0.327. The minimum absolute atomic E-state index is 0.122. The Morgan fingerprint density at radius 1 is 1.17 bits per heavy atom. The first kappa shape index (κ1) is 16.7. The van der Waals surface area contributed by atoms with Crippen LogP contribution in [0.4, 0.5) is 0 Å². The van der Waals surface area contributed by atoms with Gasteiger partial charge in [-0.3, -0.25) is 14.4 Å². The molecule has 0 aromatic heterocycles. The van der Waals surface area contributed by atoms with Crippen molar-refractivity contribution in [1.29, 1.82) is 0 Å². The van der Waals surface area contributed by atoms with Gasteiger partial charge >= 0.3 is 0 Å². The number of amides is 3. The zero-order valence-electron chi connectivity index (χ0n) is 10.6. The van der Waals surface area contributed by atoms with Crippen molar-refractivity contribution in [2.75, 3.05) is 32.4 Å². The molecular weight excluding hydrogens is 256 g/mol. The van der Waals surface area contributed by atoms with Crippen molar-refractivity contribution in [2.45, 2.75) is 13.0 Å². The average molecular weight is 276 g/mol. The molecule has 0 saturated carbocycles. The van der Waals surface area contributed by atoms with E-state index in [1.54, 1.807) is 0 Å². The Morgan fingerprint density at radius 3 is 2.33 bits per heavy atom. The van der Waals surface area contributed by atoms with Crippen LogP contribution in [-0.2, 0) is 14.4 Å². The Kier molecular flexibility index (Phi) is 9.03. The lowest BCUT2D eigenvalue weighted by Crippen LogP contribution is -2.51. The lowest BCUT2D eigenvalue weighted by Gasteiger charge is -2.16. The van der Waals surface area contributed by atoms with Gasteiger partial charge in [-0.25, -0.2) is 0 Å². The molecule has 8 heteroatoms. The maximum atomic E-state index is 11.6. The zero-order chi connectivity index (χ0) is 14.0. The summed E-state index contributed by atoms with van der Waals surface area (Å²) < 4.78 is 0. The van der Waals surface area contributed by atoms with Crippen LogP contribution in [0.15, 0.2) is 0 Å². The van der Waals surface area contributed by atoms with E-state index in [1.165, 1.54) is 7.05 Å². The number of thiol groups is 1. The molecule has 0 aliphatic heterocycles. The molecule has 0 rings (SSSR count). The van der Waals surface area contributed by atoms with Crippen LogP contribution in [0.3, 0.4) is 0 Å². The van der Waals surface area contributed by atoms with E-state index >= 15 is 0 Å². The number of rotatable bonds is 8. The van der Waals surface area contributed by atoms with E-state index in [1.807, 2.05) is 6.92 Å². The third kappa shape index (κ3) is 7.13. The fourth-order valence-electron chi connectivity index (χ4n) is 1.06. The number of nitrogens with one attached hydrogen (secondary N) is 4. The third-order valence-corrected chi connectivity index (χ3v) is 2.44. The van der Waals surface area contributed by atoms with Gasteiger partial charge in [0.2, 0.25) is 17.7 Å². The van der Waals surface area contributed by atoms with Gasteiger partial charge in [-0.1, -0.05) is 6.92 Å². The van der Waals surface area contributed by atoms with Gasteiger partial charge in [0.25, 0.3) is 0 Å². The molecule has 0 aliphatic carbocycles. The molecular formula is C10H20N4O3S. The average Bonchev–Trinajstić information content (AvgIpc) is 2.39. The zero-order valence-corrected chi connectivity index (χ0v) is 11.5. The molecule has 0 aromatic rings. The second-order valence-corrected chi connectivity index (χ2v) is 3.84. The summed E-state index contributed by atoms with van der Waals surface area (Å²) in [6, 6.07) is -0.746. The van der Waals surface area contributed by atoms with E-state index in [-0.39, 0.29) is 30.7 Å². The SMILES string of the molecule is CCNCC(=O)N[C@H](CS)C(=O)NCC(=O)NC. The van der Waals surface area contributed by atoms with Crippen molar-refractivity contribution < 1.29 is 14.4 Å². The van der Waals surface area contributed by atoms with E-state index in [0.717, 1.165) is 0 Å². The van der Waals surface area contributed by atoms with E-state index in [2.05, 4.69) is 33.9 Å². The monoisotopic (exact) mass is 276 g/mol. The number of likely N-dealkylation sites (N-methyl/N-ethyl adjacent to an activating group) is 2. The molecule has 3 amide bonds. The first-order chi connectivity index (χ1) is 8.54. The highest BCUT2D eigenvalue weighted by molar-refractivity contribution is 7.80. The molecule has 0 unspecified atom stereocenters. The van der Waals surface area contributed by atoms with Gasteiger partial charge in [0.15, 0.2) is 0 Å². The minimum atomic E-state index is -0.746. The van der Waals surface area contributed by atoms with E-state index in [0.29, 0.717) is 6.54 Å². The molecule has 0 spiro atoms. The summed E-state index contributed by atoms with van der Waals surface area (Å²) >= 11 is 3.99. The van der Waals surface area contributed by atoms with Gasteiger partial charge in [0, 0.05) is 12.8 Å². The van der Waals surface area contributed by atoms with E-state index in [4.69, 9.17) is 0 Å². The van der Waals surface area contributed by atoms with E-state index < -0.39 is 11.9 Å². The van der Waals surface area contributed by atoms with Crippen LogP contribution in [0.1, 0.15) is 6.92 Å². The predicted molar refractivity (Wildman–Crippen MR) is 71.4 cm³/mol. The van der Waals surface area contributed by atoms with Gasteiger partial charge < -0.3 is 21.3 Å². The summed E-state index contributed by atoms with van der Waals surface area (Å²) in [4.78, 5) is 34.0. The fraction of sp³-hybridized carbons (Fsp3) is 0.700. The molecule has 0 fully saturated rings. The largest absolute Gasteiger partial charge is 0.358 e. The molecule has 7 nitrogen and oxygen atoms in total. The second-order valence-electron chi connectivity index (χ2n) is 3.47. The van der Waals surface area contributed by atoms with Gasteiger partial charge in [-0.15, -0.1) is 0 Å². The maximum Gasteiger partial charge on any atom is 0.243 e. The van der Waals surface area contributed by atoms with Crippen molar-refractivity contribution in [3.8, 4) is 0 Å². The molecule has 0 radical (unpaired) electrons. The summed E-state index contributed by atoms with van der Waals surface area (Å²) in [5, 5.41) is 10.2. The lowest BCUT2D eigenvalue weighted by atomic mass is 10.3. The molecule has 1 atom stereocenters. The van der Waals surface area contributed by atoms with Crippen molar-refractivity contribution in [1.82, 2.24) is 21.3 Å². The molecule has 0 aliphatic rings. The summed E-state index contributed by atoms with van der Waals surface area (Å²) in [6.07, 6.45) is 0. The molecule has 0 aromatic carbocycles. The topological polar surface area (TPSA) is 99.3 Å². The Balaban J connectivity index is 4.10. The van der Waals surface area contributed by atoms with Crippen LogP contribution in [-0.4, -0.2) is 56.2 Å². The highest BCUT2D eigenvalue weighted by atomic mass is 32.1. The van der Waals surface area contributed by atoms with E-state index in [9.17, 15) is 14.4 Å². The summed E-state index contributed by atoms with van der Waals surface area (Å²) in [5.74, 6) is -0.859. The summed E-state index contributed by atoms with van der Waals surface area (Å²) in [7, 11) is 1.47. The molecule has 0 heterocycles. The van der Waals surface area contributed by atoms with Crippen LogP contribution in [0, 0.1) is 0 Å². The van der Waals surface area contributed by atoms with Crippen LogP contribution < -0.4 is 21.3 Å². The van der Waals surface area contributed by atoms with Crippen molar-refractivity contribution in [3.63, 3.8) is 0 Å². The number of hydrogen-bond acceptors (Lipinski definition) is 5. The Morgan fingerprint density at radius 2 is 1.83 bits per heavy atom. The van der Waals surface area contributed by atoms with Crippen LogP contribution >= 0.6 is 12.6 Å². The first-order valence-electron chi connectivity index (χ1n) is 5.64. The third-order valence-electron chi connectivity index (χ3n) is 2.07. The standard InChI is InChI=1S/C10H20N4O3S/c1-3-12-4-9(16)14-7(6-18)10(17)13-5-8(15)11-2/h7,12,18H,3-6H2,1-2H3,(H,11,15)(H,13,17)(H,14,16)/t7-/m1/s1. The second kappa shape index (κ2) is 9.72. The lowest BCUT2D eigenvalue weighted by molar-refractivity contribution is -0.129. The van der Waals surface area contributed by atoms with Gasteiger partial charge in [-0.2, -0.15) is 12.6 Å². The smallest absolute Gasteiger partial charge is 0.243 e. The highest BCUT2D eigenvalue weighted by Crippen LogP contribution is 1.88.